The molecule has 1 saturated carbocycles. The smallest absolute Gasteiger partial charge is 0.338 e. The van der Waals surface area contributed by atoms with Gasteiger partial charge >= 0.3 is 11.9 Å². The van der Waals surface area contributed by atoms with Crippen LogP contribution in [0.4, 0.5) is 0 Å². The normalized spacial score (nSPS) is 30.9. The molecule has 3 aliphatic rings. The number of ketones is 1. The first-order valence-electron chi connectivity index (χ1n) is 10.4. The van der Waals surface area contributed by atoms with E-state index in [4.69, 9.17) is 9.47 Å². The molecule has 1 aromatic carbocycles. The van der Waals surface area contributed by atoms with E-state index in [1.807, 2.05) is 12.1 Å². The highest BCUT2D eigenvalue weighted by Gasteiger charge is 2.50. The van der Waals surface area contributed by atoms with Crippen LogP contribution in [-0.4, -0.2) is 29.9 Å². The van der Waals surface area contributed by atoms with Crippen molar-refractivity contribution < 1.29 is 23.9 Å². The number of allylic oxidation sites excluding steroid dienone is 3. The summed E-state index contributed by atoms with van der Waals surface area (Å²) in [6.07, 6.45) is 11.6. The summed E-state index contributed by atoms with van der Waals surface area (Å²) < 4.78 is 11.2. The summed E-state index contributed by atoms with van der Waals surface area (Å²) in [5.41, 5.74) is 0.490. The molecule has 4 rings (SSSR count). The van der Waals surface area contributed by atoms with E-state index in [0.717, 1.165) is 19.3 Å². The number of benzene rings is 1. The van der Waals surface area contributed by atoms with E-state index in [2.05, 4.69) is 12.2 Å². The summed E-state index contributed by atoms with van der Waals surface area (Å²) in [5.74, 6) is -0.466. The first kappa shape index (κ1) is 19.6. The predicted octanol–water partition coefficient (Wildman–Crippen LogP) is 4.04. The fraction of sp³-hybridized carbons (Fsp3) is 0.458. The maximum absolute atomic E-state index is 12.5. The van der Waals surface area contributed by atoms with Crippen molar-refractivity contribution >= 4 is 17.7 Å². The second-order valence-electron chi connectivity index (χ2n) is 8.17. The van der Waals surface area contributed by atoms with Gasteiger partial charge in [0.2, 0.25) is 0 Å². The molecule has 1 aliphatic heterocycles. The van der Waals surface area contributed by atoms with Crippen LogP contribution in [0.25, 0.3) is 0 Å². The van der Waals surface area contributed by atoms with Crippen molar-refractivity contribution in [3.8, 4) is 0 Å². The molecule has 1 aromatic rings. The number of esters is 2. The molecule has 0 N–H and O–H groups in total. The lowest BCUT2D eigenvalue weighted by atomic mass is 9.89. The van der Waals surface area contributed by atoms with Crippen LogP contribution in [0.15, 0.2) is 54.6 Å². The molecule has 5 atom stereocenters. The van der Waals surface area contributed by atoms with Crippen LogP contribution in [0.1, 0.15) is 48.9 Å². The number of ether oxygens (including phenoxy) is 2. The third-order valence-corrected chi connectivity index (χ3v) is 6.14. The molecule has 5 heteroatoms. The van der Waals surface area contributed by atoms with Gasteiger partial charge in [0.25, 0.3) is 0 Å². The van der Waals surface area contributed by atoms with Crippen LogP contribution in [0.5, 0.6) is 0 Å². The molecule has 0 radical (unpaired) electrons. The van der Waals surface area contributed by atoms with E-state index >= 15 is 0 Å². The Morgan fingerprint density at radius 1 is 1.21 bits per heavy atom. The second-order valence-corrected chi connectivity index (χ2v) is 8.17. The molecule has 152 valence electrons. The highest BCUT2D eigenvalue weighted by atomic mass is 16.6. The van der Waals surface area contributed by atoms with Gasteiger partial charge in [-0.2, -0.15) is 0 Å². The Bertz CT molecular complexity index is 825. The Hall–Kier alpha value is -2.69. The molecule has 0 bridgehead atoms. The van der Waals surface area contributed by atoms with Gasteiger partial charge in [0.15, 0.2) is 5.78 Å². The van der Waals surface area contributed by atoms with Gasteiger partial charge in [0, 0.05) is 24.7 Å². The molecule has 1 heterocycles. The SMILES string of the molecule is O=C(/C=C/[C@@H]1[C@H]2CC(=O)O[C@H]2C[C@H]1OC(=O)c1ccccc1)CC1C=CCCC1. The Morgan fingerprint density at radius 3 is 2.79 bits per heavy atom. The minimum atomic E-state index is -0.399. The largest absolute Gasteiger partial charge is 0.462 e. The average molecular weight is 394 g/mol. The number of hydrogen-bond acceptors (Lipinski definition) is 5. The first-order chi connectivity index (χ1) is 14.1. The van der Waals surface area contributed by atoms with E-state index in [1.54, 1.807) is 30.3 Å². The van der Waals surface area contributed by atoms with Crippen molar-refractivity contribution in [3.05, 3.63) is 60.2 Å². The quantitative estimate of drug-likeness (QED) is 0.414. The molecule has 0 spiro atoms. The van der Waals surface area contributed by atoms with Crippen molar-refractivity contribution in [2.75, 3.05) is 0 Å². The number of fused-ring (bicyclic) bond motifs is 1. The lowest BCUT2D eigenvalue weighted by molar-refractivity contribution is -0.141. The minimum Gasteiger partial charge on any atom is -0.462 e. The molecule has 29 heavy (non-hydrogen) atoms. The standard InChI is InChI=1S/C24H26O5/c25-18(13-16-7-3-1-4-8-16)11-12-19-20-14-23(26)28-22(20)15-21(19)29-24(27)17-9-5-2-6-10-17/h2-3,5-7,9-12,16,19-22H,1,4,8,13-15H2/b12-11+/t16?,19-,20-,21-,22+/m1/s1. The van der Waals surface area contributed by atoms with Crippen molar-refractivity contribution in [3.63, 3.8) is 0 Å². The minimum absolute atomic E-state index is 0.0466. The highest BCUT2D eigenvalue weighted by molar-refractivity contribution is 5.90. The van der Waals surface area contributed by atoms with Crippen molar-refractivity contribution in [1.29, 1.82) is 0 Å². The van der Waals surface area contributed by atoms with E-state index in [1.165, 1.54) is 0 Å². The van der Waals surface area contributed by atoms with Crippen LogP contribution in [-0.2, 0) is 19.1 Å². The zero-order chi connectivity index (χ0) is 20.2. The van der Waals surface area contributed by atoms with Crippen molar-refractivity contribution in [1.82, 2.24) is 0 Å². The zero-order valence-corrected chi connectivity index (χ0v) is 16.4. The molecule has 0 aromatic heterocycles. The van der Waals surface area contributed by atoms with E-state index in [9.17, 15) is 14.4 Å². The van der Waals surface area contributed by atoms with Gasteiger partial charge in [-0.1, -0.05) is 36.4 Å². The van der Waals surface area contributed by atoms with Crippen molar-refractivity contribution in [2.45, 2.75) is 50.7 Å². The van der Waals surface area contributed by atoms with E-state index in [-0.39, 0.29) is 35.7 Å². The maximum Gasteiger partial charge on any atom is 0.338 e. The van der Waals surface area contributed by atoms with Crippen LogP contribution in [0.3, 0.4) is 0 Å². The Balaban J connectivity index is 1.44. The van der Waals surface area contributed by atoms with Gasteiger partial charge in [0.1, 0.15) is 12.2 Å². The summed E-state index contributed by atoms with van der Waals surface area (Å²) in [5, 5.41) is 0. The maximum atomic E-state index is 12.5. The van der Waals surface area contributed by atoms with E-state index < -0.39 is 6.10 Å². The molecule has 1 unspecified atom stereocenters. The number of hydrogen-bond donors (Lipinski definition) is 0. The lowest BCUT2D eigenvalue weighted by Crippen LogP contribution is -2.25. The lowest BCUT2D eigenvalue weighted by Gasteiger charge is -2.20. The third kappa shape index (κ3) is 4.66. The third-order valence-electron chi connectivity index (χ3n) is 6.14. The van der Waals surface area contributed by atoms with Gasteiger partial charge < -0.3 is 9.47 Å². The van der Waals surface area contributed by atoms with Gasteiger partial charge in [-0.05, 0) is 43.4 Å². The summed E-state index contributed by atoms with van der Waals surface area (Å²) in [7, 11) is 0. The van der Waals surface area contributed by atoms with Crippen molar-refractivity contribution in [2.24, 2.45) is 17.8 Å². The van der Waals surface area contributed by atoms with Crippen LogP contribution < -0.4 is 0 Å². The Kier molecular flexibility index (Phi) is 5.93. The predicted molar refractivity (Wildman–Crippen MR) is 107 cm³/mol. The summed E-state index contributed by atoms with van der Waals surface area (Å²) in [4.78, 5) is 36.7. The zero-order valence-electron chi connectivity index (χ0n) is 16.4. The fourth-order valence-corrected chi connectivity index (χ4v) is 4.67. The monoisotopic (exact) mass is 394 g/mol. The average Bonchev–Trinajstić information content (AvgIpc) is 3.23. The Labute approximate surface area is 170 Å². The van der Waals surface area contributed by atoms with Crippen LogP contribution >= 0.6 is 0 Å². The molecule has 2 fully saturated rings. The number of carbonyl (C=O) groups is 3. The molecular weight excluding hydrogens is 368 g/mol. The molecule has 2 aliphatic carbocycles. The summed E-state index contributed by atoms with van der Waals surface area (Å²) in [6.45, 7) is 0. The number of rotatable bonds is 6. The van der Waals surface area contributed by atoms with E-state index in [0.29, 0.717) is 30.7 Å². The molecular formula is C24H26O5. The van der Waals surface area contributed by atoms with Crippen LogP contribution in [0.2, 0.25) is 0 Å². The van der Waals surface area contributed by atoms with Gasteiger partial charge in [-0.15, -0.1) is 0 Å². The van der Waals surface area contributed by atoms with Gasteiger partial charge in [-0.25, -0.2) is 4.79 Å². The van der Waals surface area contributed by atoms with Gasteiger partial charge in [-0.3, -0.25) is 9.59 Å². The highest BCUT2D eigenvalue weighted by Crippen LogP contribution is 2.43. The Morgan fingerprint density at radius 2 is 2.03 bits per heavy atom. The summed E-state index contributed by atoms with van der Waals surface area (Å²) in [6, 6.07) is 8.85. The topological polar surface area (TPSA) is 69.7 Å². The summed E-state index contributed by atoms with van der Waals surface area (Å²) >= 11 is 0. The number of carbonyl (C=O) groups excluding carboxylic acids is 3. The molecule has 5 nitrogen and oxygen atoms in total. The fourth-order valence-electron chi connectivity index (χ4n) is 4.67. The van der Waals surface area contributed by atoms with Crippen LogP contribution in [0, 0.1) is 17.8 Å². The first-order valence-corrected chi connectivity index (χ1v) is 10.4. The molecule has 0 amide bonds. The van der Waals surface area contributed by atoms with Gasteiger partial charge in [0.05, 0.1) is 12.0 Å². The molecule has 1 saturated heterocycles. The second kappa shape index (κ2) is 8.76.